The summed E-state index contributed by atoms with van der Waals surface area (Å²) in [5, 5.41) is 0. The molecular formula is C8H7ClN2S. The third kappa shape index (κ3) is 1.09. The molecule has 1 aromatic carbocycles. The van der Waals surface area contributed by atoms with Crippen LogP contribution < -0.4 is 0 Å². The summed E-state index contributed by atoms with van der Waals surface area (Å²) in [6, 6.07) is 4.04. The van der Waals surface area contributed by atoms with Gasteiger partial charge in [0, 0.05) is 5.88 Å². The summed E-state index contributed by atoms with van der Waals surface area (Å²) in [7, 11) is 0. The molecule has 0 N–H and O–H groups in total. The molecule has 0 spiro atoms. The fourth-order valence-corrected chi connectivity index (χ4v) is 2.00. The molecule has 12 heavy (non-hydrogen) atoms. The molecule has 0 aliphatic heterocycles. The van der Waals surface area contributed by atoms with Crippen molar-refractivity contribution in [3.8, 4) is 0 Å². The average Bonchev–Trinajstić information content (AvgIpc) is 2.54. The first-order valence-corrected chi connectivity index (χ1v) is 4.86. The van der Waals surface area contributed by atoms with Gasteiger partial charge >= 0.3 is 0 Å². The SMILES string of the molecule is Cc1ccc(CCl)c2nsnc12. The smallest absolute Gasteiger partial charge is 0.109 e. The van der Waals surface area contributed by atoms with Crippen molar-refractivity contribution in [2.24, 2.45) is 0 Å². The molecule has 0 radical (unpaired) electrons. The summed E-state index contributed by atoms with van der Waals surface area (Å²) in [6.45, 7) is 2.03. The first-order chi connectivity index (χ1) is 5.83. The van der Waals surface area contributed by atoms with Crippen molar-refractivity contribution in [1.29, 1.82) is 0 Å². The van der Waals surface area contributed by atoms with Crippen molar-refractivity contribution in [2.75, 3.05) is 0 Å². The van der Waals surface area contributed by atoms with Gasteiger partial charge in [-0.05, 0) is 18.1 Å². The number of aryl methyl sites for hydroxylation is 1. The molecule has 2 aromatic rings. The predicted octanol–water partition coefficient (Wildman–Crippen LogP) is 2.74. The van der Waals surface area contributed by atoms with Gasteiger partial charge in [-0.1, -0.05) is 12.1 Å². The van der Waals surface area contributed by atoms with Gasteiger partial charge in [-0.2, -0.15) is 8.75 Å². The number of alkyl halides is 1. The van der Waals surface area contributed by atoms with Gasteiger partial charge in [-0.3, -0.25) is 0 Å². The Bertz CT molecular complexity index is 410. The van der Waals surface area contributed by atoms with Gasteiger partial charge in [-0.25, -0.2) is 0 Å². The van der Waals surface area contributed by atoms with E-state index in [0.717, 1.165) is 22.2 Å². The molecule has 0 aliphatic carbocycles. The fourth-order valence-electron chi connectivity index (χ4n) is 1.15. The molecule has 0 bridgehead atoms. The van der Waals surface area contributed by atoms with E-state index in [9.17, 15) is 0 Å². The third-order valence-corrected chi connectivity index (χ3v) is 2.66. The van der Waals surface area contributed by atoms with Gasteiger partial charge in [0.1, 0.15) is 11.0 Å². The van der Waals surface area contributed by atoms with Crippen molar-refractivity contribution >= 4 is 34.4 Å². The Kier molecular flexibility index (Phi) is 1.98. The Morgan fingerprint density at radius 3 is 2.83 bits per heavy atom. The van der Waals surface area contributed by atoms with Crippen molar-refractivity contribution in [2.45, 2.75) is 12.8 Å². The Hall–Kier alpha value is -0.670. The molecule has 1 aromatic heterocycles. The zero-order valence-electron chi connectivity index (χ0n) is 6.54. The van der Waals surface area contributed by atoms with E-state index in [1.165, 1.54) is 11.7 Å². The number of rotatable bonds is 1. The van der Waals surface area contributed by atoms with E-state index in [1.54, 1.807) is 0 Å². The Morgan fingerprint density at radius 1 is 1.33 bits per heavy atom. The minimum Gasteiger partial charge on any atom is -0.173 e. The molecule has 0 aliphatic rings. The maximum Gasteiger partial charge on any atom is 0.109 e. The van der Waals surface area contributed by atoms with E-state index in [4.69, 9.17) is 11.6 Å². The summed E-state index contributed by atoms with van der Waals surface area (Å²) < 4.78 is 8.40. The summed E-state index contributed by atoms with van der Waals surface area (Å²) in [5.41, 5.74) is 4.16. The van der Waals surface area contributed by atoms with E-state index in [-0.39, 0.29) is 0 Å². The molecule has 0 fully saturated rings. The van der Waals surface area contributed by atoms with Crippen molar-refractivity contribution in [3.05, 3.63) is 23.3 Å². The minimum atomic E-state index is 0.502. The lowest BCUT2D eigenvalue weighted by Gasteiger charge is -1.97. The van der Waals surface area contributed by atoms with Crippen LogP contribution in [0, 0.1) is 6.92 Å². The van der Waals surface area contributed by atoms with Crippen LogP contribution in [0.25, 0.3) is 11.0 Å². The molecule has 4 heteroatoms. The van der Waals surface area contributed by atoms with E-state index in [0.29, 0.717) is 5.88 Å². The Balaban J connectivity index is 2.82. The average molecular weight is 199 g/mol. The van der Waals surface area contributed by atoms with Crippen LogP contribution in [-0.4, -0.2) is 8.75 Å². The standard InChI is InChI=1S/C8H7ClN2S/c1-5-2-3-6(4-9)8-7(5)10-12-11-8/h2-3H,4H2,1H3. The van der Waals surface area contributed by atoms with Gasteiger partial charge in [0.25, 0.3) is 0 Å². The molecule has 2 nitrogen and oxygen atoms in total. The summed E-state index contributed by atoms with van der Waals surface area (Å²) >= 11 is 6.99. The van der Waals surface area contributed by atoms with Crippen LogP contribution in [0.4, 0.5) is 0 Å². The van der Waals surface area contributed by atoms with Gasteiger partial charge in [0.05, 0.1) is 11.7 Å². The highest BCUT2D eigenvalue weighted by Gasteiger charge is 2.05. The minimum absolute atomic E-state index is 0.502. The lowest BCUT2D eigenvalue weighted by Crippen LogP contribution is -1.83. The van der Waals surface area contributed by atoms with Gasteiger partial charge in [0.15, 0.2) is 0 Å². The molecule has 0 unspecified atom stereocenters. The zero-order chi connectivity index (χ0) is 8.55. The topological polar surface area (TPSA) is 25.8 Å². The second-order valence-electron chi connectivity index (χ2n) is 2.64. The van der Waals surface area contributed by atoms with E-state index in [2.05, 4.69) is 8.75 Å². The second kappa shape index (κ2) is 2.99. The van der Waals surface area contributed by atoms with E-state index < -0.39 is 0 Å². The second-order valence-corrected chi connectivity index (χ2v) is 3.43. The third-order valence-electron chi connectivity index (χ3n) is 1.84. The highest BCUT2D eigenvalue weighted by Crippen LogP contribution is 2.21. The number of fused-ring (bicyclic) bond motifs is 1. The van der Waals surface area contributed by atoms with Gasteiger partial charge in [-0.15, -0.1) is 11.6 Å². The van der Waals surface area contributed by atoms with Crippen LogP contribution in [0.1, 0.15) is 11.1 Å². The highest BCUT2D eigenvalue weighted by molar-refractivity contribution is 7.00. The van der Waals surface area contributed by atoms with Gasteiger partial charge < -0.3 is 0 Å². The van der Waals surface area contributed by atoms with Crippen LogP contribution >= 0.6 is 23.3 Å². The monoisotopic (exact) mass is 198 g/mol. The number of nitrogens with zero attached hydrogens (tertiary/aromatic N) is 2. The number of benzene rings is 1. The lowest BCUT2D eigenvalue weighted by molar-refractivity contribution is 1.38. The molecule has 1 heterocycles. The Morgan fingerprint density at radius 2 is 2.08 bits per heavy atom. The zero-order valence-corrected chi connectivity index (χ0v) is 8.11. The van der Waals surface area contributed by atoms with Crippen LogP contribution in [0.15, 0.2) is 12.1 Å². The molecule has 0 atom stereocenters. The van der Waals surface area contributed by atoms with Crippen molar-refractivity contribution in [1.82, 2.24) is 8.75 Å². The number of aromatic nitrogens is 2. The maximum atomic E-state index is 5.75. The van der Waals surface area contributed by atoms with Gasteiger partial charge in [0.2, 0.25) is 0 Å². The normalized spacial score (nSPS) is 10.8. The number of hydrogen-bond donors (Lipinski definition) is 0. The first-order valence-electron chi connectivity index (χ1n) is 3.59. The summed E-state index contributed by atoms with van der Waals surface area (Å²) in [4.78, 5) is 0. The molecular weight excluding hydrogens is 192 g/mol. The molecule has 0 amide bonds. The lowest BCUT2D eigenvalue weighted by atomic mass is 10.1. The van der Waals surface area contributed by atoms with Crippen LogP contribution in [0.5, 0.6) is 0 Å². The van der Waals surface area contributed by atoms with Crippen molar-refractivity contribution in [3.63, 3.8) is 0 Å². The molecule has 0 saturated carbocycles. The number of halogens is 1. The number of hydrogen-bond acceptors (Lipinski definition) is 3. The first kappa shape index (κ1) is 7.95. The molecule has 2 rings (SSSR count). The highest BCUT2D eigenvalue weighted by atomic mass is 35.5. The van der Waals surface area contributed by atoms with E-state index in [1.807, 2.05) is 19.1 Å². The molecule has 0 saturated heterocycles. The van der Waals surface area contributed by atoms with E-state index >= 15 is 0 Å². The quantitative estimate of drug-likeness (QED) is 0.659. The van der Waals surface area contributed by atoms with Crippen LogP contribution in [0.3, 0.4) is 0 Å². The predicted molar refractivity (Wildman–Crippen MR) is 51.7 cm³/mol. The Labute approximate surface area is 79.5 Å². The van der Waals surface area contributed by atoms with Crippen LogP contribution in [0.2, 0.25) is 0 Å². The maximum absolute atomic E-state index is 5.75. The fraction of sp³-hybridized carbons (Fsp3) is 0.250. The van der Waals surface area contributed by atoms with Crippen LogP contribution in [-0.2, 0) is 5.88 Å². The summed E-state index contributed by atoms with van der Waals surface area (Å²) in [6.07, 6.45) is 0. The largest absolute Gasteiger partial charge is 0.173 e. The van der Waals surface area contributed by atoms with Crippen molar-refractivity contribution < 1.29 is 0 Å². The molecule has 62 valence electrons. The summed E-state index contributed by atoms with van der Waals surface area (Å²) in [5.74, 6) is 0.502.